The molecule has 0 unspecified atom stereocenters. The standard InChI is InChI=1S/C19H19FN2O2S/c1-13-4-2-3-5-16(13)19-22(18(24)12-25-19)11-17(23)21-10-14-6-8-15(20)9-7-14/h2-9,19H,10-12H2,1H3,(H,21,23)/t19-/m1/s1. The summed E-state index contributed by atoms with van der Waals surface area (Å²) in [7, 11) is 0. The van der Waals surface area contributed by atoms with Crippen molar-refractivity contribution >= 4 is 23.6 Å². The van der Waals surface area contributed by atoms with Crippen molar-refractivity contribution in [1.29, 1.82) is 0 Å². The summed E-state index contributed by atoms with van der Waals surface area (Å²) in [5.41, 5.74) is 2.98. The predicted molar refractivity (Wildman–Crippen MR) is 96.3 cm³/mol. The monoisotopic (exact) mass is 358 g/mol. The minimum Gasteiger partial charge on any atom is -0.350 e. The number of rotatable bonds is 5. The van der Waals surface area contributed by atoms with Crippen LogP contribution in [0.1, 0.15) is 22.1 Å². The van der Waals surface area contributed by atoms with E-state index in [1.165, 1.54) is 23.9 Å². The summed E-state index contributed by atoms with van der Waals surface area (Å²) < 4.78 is 12.9. The van der Waals surface area contributed by atoms with Crippen molar-refractivity contribution in [1.82, 2.24) is 10.2 Å². The van der Waals surface area contributed by atoms with E-state index in [1.807, 2.05) is 31.2 Å². The largest absolute Gasteiger partial charge is 0.350 e. The fourth-order valence-electron chi connectivity index (χ4n) is 2.76. The van der Waals surface area contributed by atoms with Gasteiger partial charge in [-0.2, -0.15) is 0 Å². The number of thioether (sulfide) groups is 1. The average molecular weight is 358 g/mol. The lowest BCUT2D eigenvalue weighted by molar-refractivity contribution is -0.133. The fourth-order valence-corrected chi connectivity index (χ4v) is 4.04. The highest BCUT2D eigenvalue weighted by Crippen LogP contribution is 2.39. The smallest absolute Gasteiger partial charge is 0.239 e. The van der Waals surface area contributed by atoms with Gasteiger partial charge in [0, 0.05) is 6.54 Å². The van der Waals surface area contributed by atoms with Crippen LogP contribution in [0.5, 0.6) is 0 Å². The molecule has 1 atom stereocenters. The lowest BCUT2D eigenvalue weighted by atomic mass is 10.1. The molecule has 0 aromatic heterocycles. The van der Waals surface area contributed by atoms with Crippen LogP contribution >= 0.6 is 11.8 Å². The first-order valence-corrected chi connectivity index (χ1v) is 9.07. The highest BCUT2D eigenvalue weighted by Gasteiger charge is 2.34. The summed E-state index contributed by atoms with van der Waals surface area (Å²) in [4.78, 5) is 26.1. The predicted octanol–water partition coefficient (Wildman–Crippen LogP) is 3.02. The Morgan fingerprint density at radius 2 is 1.96 bits per heavy atom. The maximum absolute atomic E-state index is 12.9. The molecule has 1 aliphatic rings. The SMILES string of the molecule is Cc1ccccc1[C@H]1SCC(=O)N1CC(=O)NCc1ccc(F)cc1. The maximum Gasteiger partial charge on any atom is 0.239 e. The highest BCUT2D eigenvalue weighted by molar-refractivity contribution is 8.00. The molecule has 1 saturated heterocycles. The van der Waals surface area contributed by atoms with Crippen LogP contribution < -0.4 is 5.32 Å². The summed E-state index contributed by atoms with van der Waals surface area (Å²) in [5, 5.41) is 2.65. The Kier molecular flexibility index (Phi) is 5.38. The van der Waals surface area contributed by atoms with Crippen LogP contribution in [0.3, 0.4) is 0 Å². The number of nitrogens with one attached hydrogen (secondary N) is 1. The minimum absolute atomic E-state index is 0.0199. The average Bonchev–Trinajstić information content (AvgIpc) is 2.95. The highest BCUT2D eigenvalue weighted by atomic mass is 32.2. The van der Waals surface area contributed by atoms with Crippen molar-refractivity contribution in [2.75, 3.05) is 12.3 Å². The van der Waals surface area contributed by atoms with Crippen LogP contribution in [0.2, 0.25) is 0 Å². The van der Waals surface area contributed by atoms with E-state index in [0.29, 0.717) is 12.3 Å². The van der Waals surface area contributed by atoms with Gasteiger partial charge in [0.25, 0.3) is 0 Å². The Labute approximate surface area is 150 Å². The Morgan fingerprint density at radius 3 is 2.68 bits per heavy atom. The molecule has 0 saturated carbocycles. The van der Waals surface area contributed by atoms with Crippen LogP contribution in [-0.2, 0) is 16.1 Å². The Balaban J connectivity index is 1.63. The number of aryl methyl sites for hydroxylation is 1. The molecule has 1 fully saturated rings. The van der Waals surface area contributed by atoms with Crippen LogP contribution in [-0.4, -0.2) is 29.0 Å². The molecule has 3 rings (SSSR count). The summed E-state index contributed by atoms with van der Waals surface area (Å²) >= 11 is 1.54. The van der Waals surface area contributed by atoms with Gasteiger partial charge in [0.1, 0.15) is 17.7 Å². The molecule has 6 heteroatoms. The third kappa shape index (κ3) is 4.20. The Morgan fingerprint density at radius 1 is 1.24 bits per heavy atom. The summed E-state index contributed by atoms with van der Waals surface area (Å²) in [6.07, 6.45) is 0. The van der Waals surface area contributed by atoms with Crippen LogP contribution in [0, 0.1) is 12.7 Å². The molecular weight excluding hydrogens is 339 g/mol. The Bertz CT molecular complexity index is 779. The number of hydrogen-bond donors (Lipinski definition) is 1. The molecule has 0 aliphatic carbocycles. The van der Waals surface area contributed by atoms with E-state index in [9.17, 15) is 14.0 Å². The van der Waals surface area contributed by atoms with Crippen molar-refractivity contribution in [2.24, 2.45) is 0 Å². The van der Waals surface area contributed by atoms with Gasteiger partial charge in [0.15, 0.2) is 0 Å². The summed E-state index contributed by atoms with van der Waals surface area (Å²) in [6, 6.07) is 13.9. The second kappa shape index (κ2) is 7.70. The number of hydrogen-bond acceptors (Lipinski definition) is 3. The van der Waals surface area contributed by atoms with Crippen molar-refractivity contribution in [3.8, 4) is 0 Å². The quantitative estimate of drug-likeness (QED) is 0.894. The molecule has 2 aromatic carbocycles. The van der Waals surface area contributed by atoms with E-state index in [4.69, 9.17) is 0 Å². The number of carbonyl (C=O) groups excluding carboxylic acids is 2. The zero-order chi connectivity index (χ0) is 17.8. The van der Waals surface area contributed by atoms with Gasteiger partial charge in [0.05, 0.1) is 5.75 Å². The molecular formula is C19H19FN2O2S. The van der Waals surface area contributed by atoms with E-state index in [1.54, 1.807) is 17.0 Å². The van der Waals surface area contributed by atoms with E-state index >= 15 is 0 Å². The Hall–Kier alpha value is -2.34. The number of benzene rings is 2. The van der Waals surface area contributed by atoms with Crippen molar-refractivity contribution < 1.29 is 14.0 Å². The minimum atomic E-state index is -0.309. The molecule has 0 radical (unpaired) electrons. The molecule has 1 heterocycles. The van der Waals surface area contributed by atoms with Crippen LogP contribution in [0.4, 0.5) is 4.39 Å². The molecule has 2 aromatic rings. The maximum atomic E-state index is 12.9. The van der Waals surface area contributed by atoms with E-state index in [-0.39, 0.29) is 29.6 Å². The van der Waals surface area contributed by atoms with Gasteiger partial charge in [-0.3, -0.25) is 9.59 Å². The normalized spacial score (nSPS) is 17.0. The third-order valence-electron chi connectivity index (χ3n) is 4.14. The van der Waals surface area contributed by atoms with Crippen molar-refractivity contribution in [3.05, 3.63) is 71.0 Å². The van der Waals surface area contributed by atoms with Gasteiger partial charge in [-0.1, -0.05) is 36.4 Å². The molecule has 0 bridgehead atoms. The van der Waals surface area contributed by atoms with Gasteiger partial charge in [0.2, 0.25) is 11.8 Å². The van der Waals surface area contributed by atoms with Crippen molar-refractivity contribution in [3.63, 3.8) is 0 Å². The topological polar surface area (TPSA) is 49.4 Å². The van der Waals surface area contributed by atoms with E-state index in [0.717, 1.165) is 16.7 Å². The molecule has 2 amide bonds. The van der Waals surface area contributed by atoms with Gasteiger partial charge in [-0.25, -0.2) is 4.39 Å². The second-order valence-corrected chi connectivity index (χ2v) is 7.01. The first-order chi connectivity index (χ1) is 12.0. The van der Waals surface area contributed by atoms with Gasteiger partial charge in [-0.05, 0) is 35.7 Å². The third-order valence-corrected chi connectivity index (χ3v) is 5.38. The molecule has 1 N–H and O–H groups in total. The van der Waals surface area contributed by atoms with Crippen LogP contribution in [0.15, 0.2) is 48.5 Å². The number of nitrogens with zero attached hydrogens (tertiary/aromatic N) is 1. The lowest BCUT2D eigenvalue weighted by Crippen LogP contribution is -2.39. The van der Waals surface area contributed by atoms with Crippen molar-refractivity contribution in [2.45, 2.75) is 18.8 Å². The number of carbonyl (C=O) groups is 2. The molecule has 4 nitrogen and oxygen atoms in total. The van der Waals surface area contributed by atoms with E-state index in [2.05, 4.69) is 5.32 Å². The fraction of sp³-hybridized carbons (Fsp3) is 0.263. The first-order valence-electron chi connectivity index (χ1n) is 8.02. The second-order valence-electron chi connectivity index (χ2n) is 5.94. The first kappa shape index (κ1) is 17.5. The summed E-state index contributed by atoms with van der Waals surface area (Å²) in [5.74, 6) is -0.186. The zero-order valence-electron chi connectivity index (χ0n) is 13.9. The van der Waals surface area contributed by atoms with Crippen LogP contribution in [0.25, 0.3) is 0 Å². The van der Waals surface area contributed by atoms with Gasteiger partial charge < -0.3 is 10.2 Å². The molecule has 25 heavy (non-hydrogen) atoms. The van der Waals surface area contributed by atoms with Gasteiger partial charge in [-0.15, -0.1) is 11.8 Å². The zero-order valence-corrected chi connectivity index (χ0v) is 14.7. The lowest BCUT2D eigenvalue weighted by Gasteiger charge is -2.25. The van der Waals surface area contributed by atoms with E-state index < -0.39 is 0 Å². The number of halogens is 1. The molecule has 130 valence electrons. The molecule has 1 aliphatic heterocycles. The summed E-state index contributed by atoms with van der Waals surface area (Å²) in [6.45, 7) is 2.33. The number of amides is 2. The molecule has 0 spiro atoms. The van der Waals surface area contributed by atoms with Gasteiger partial charge >= 0.3 is 0 Å².